The van der Waals surface area contributed by atoms with Gasteiger partial charge in [0.25, 0.3) is 0 Å². The van der Waals surface area contributed by atoms with Crippen molar-refractivity contribution in [2.24, 2.45) is 0 Å². The lowest BCUT2D eigenvalue weighted by Gasteiger charge is -2.12. The van der Waals surface area contributed by atoms with Gasteiger partial charge >= 0.3 is 12.1 Å². The third-order valence-electron chi connectivity index (χ3n) is 4.50. The van der Waals surface area contributed by atoms with E-state index >= 15 is 0 Å². The van der Waals surface area contributed by atoms with Crippen molar-refractivity contribution in [1.82, 2.24) is 9.97 Å². The van der Waals surface area contributed by atoms with Crippen LogP contribution in [-0.2, 0) is 12.6 Å². The van der Waals surface area contributed by atoms with Crippen LogP contribution in [0.3, 0.4) is 0 Å². The van der Waals surface area contributed by atoms with Crippen LogP contribution in [0.2, 0.25) is 0 Å². The summed E-state index contributed by atoms with van der Waals surface area (Å²) in [5.41, 5.74) is 2.29. The number of rotatable bonds is 6. The third-order valence-corrected chi connectivity index (χ3v) is 4.50. The summed E-state index contributed by atoms with van der Waals surface area (Å²) in [5.74, 6) is -1.04. The summed E-state index contributed by atoms with van der Waals surface area (Å²) < 4.78 is 38.6. The highest BCUT2D eigenvalue weighted by molar-refractivity contribution is 5.88. The SMILES string of the molecule is CCCCc1cnc(-c2ccc(C(F)(F)F)cc2)c(-c2ccc(C(=O)O)cc2)n1. The molecule has 0 saturated carbocycles. The van der Waals surface area contributed by atoms with Crippen LogP contribution in [0.4, 0.5) is 13.2 Å². The second-order valence-corrected chi connectivity index (χ2v) is 6.62. The van der Waals surface area contributed by atoms with Crippen LogP contribution >= 0.6 is 0 Å². The first kappa shape index (κ1) is 20.5. The average Bonchev–Trinajstić information content (AvgIpc) is 2.71. The third kappa shape index (κ3) is 4.80. The van der Waals surface area contributed by atoms with E-state index in [2.05, 4.69) is 16.9 Å². The molecule has 0 spiro atoms. The molecule has 1 aromatic heterocycles. The Morgan fingerprint density at radius 1 is 0.966 bits per heavy atom. The molecule has 0 aliphatic rings. The van der Waals surface area contributed by atoms with Crippen LogP contribution in [-0.4, -0.2) is 21.0 Å². The number of benzene rings is 2. The molecule has 29 heavy (non-hydrogen) atoms. The molecule has 3 aromatic rings. The van der Waals surface area contributed by atoms with E-state index in [0.717, 1.165) is 37.1 Å². The molecule has 0 unspecified atom stereocenters. The zero-order valence-electron chi connectivity index (χ0n) is 15.7. The second-order valence-electron chi connectivity index (χ2n) is 6.62. The lowest BCUT2D eigenvalue weighted by Crippen LogP contribution is -2.04. The number of carbonyl (C=O) groups is 1. The Labute approximate surface area is 166 Å². The van der Waals surface area contributed by atoms with Gasteiger partial charge < -0.3 is 5.11 Å². The van der Waals surface area contributed by atoms with Crippen LogP contribution in [0.15, 0.2) is 54.7 Å². The second kappa shape index (κ2) is 8.43. The van der Waals surface area contributed by atoms with Gasteiger partial charge in [-0.05, 0) is 37.1 Å². The van der Waals surface area contributed by atoms with E-state index in [-0.39, 0.29) is 5.56 Å². The Hall–Kier alpha value is -3.22. The fraction of sp³-hybridized carbons (Fsp3) is 0.227. The van der Waals surface area contributed by atoms with Crippen LogP contribution in [0.5, 0.6) is 0 Å². The number of hydrogen-bond acceptors (Lipinski definition) is 3. The van der Waals surface area contributed by atoms with Crippen LogP contribution in [0.25, 0.3) is 22.5 Å². The maximum absolute atomic E-state index is 12.9. The highest BCUT2D eigenvalue weighted by atomic mass is 19.4. The van der Waals surface area contributed by atoms with E-state index in [4.69, 9.17) is 5.11 Å². The molecule has 0 aliphatic carbocycles. The summed E-state index contributed by atoms with van der Waals surface area (Å²) in [4.78, 5) is 20.2. The van der Waals surface area contributed by atoms with Gasteiger partial charge in [0, 0.05) is 17.3 Å². The number of aromatic nitrogens is 2. The molecule has 0 atom stereocenters. The Balaban J connectivity index is 2.07. The number of aromatic carboxylic acids is 1. The molecule has 0 aliphatic heterocycles. The van der Waals surface area contributed by atoms with Crippen LogP contribution in [0.1, 0.15) is 41.4 Å². The number of halogens is 3. The van der Waals surface area contributed by atoms with Crippen molar-refractivity contribution in [1.29, 1.82) is 0 Å². The van der Waals surface area contributed by atoms with E-state index in [1.165, 1.54) is 24.3 Å². The molecule has 3 rings (SSSR count). The fourth-order valence-corrected chi connectivity index (χ4v) is 2.90. The summed E-state index contributed by atoms with van der Waals surface area (Å²) in [7, 11) is 0. The number of hydrogen-bond donors (Lipinski definition) is 1. The minimum Gasteiger partial charge on any atom is -0.478 e. The lowest BCUT2D eigenvalue weighted by atomic mass is 10.0. The average molecular weight is 400 g/mol. The quantitative estimate of drug-likeness (QED) is 0.562. The summed E-state index contributed by atoms with van der Waals surface area (Å²) >= 11 is 0. The molecule has 0 radical (unpaired) electrons. The van der Waals surface area contributed by atoms with Gasteiger partial charge in [0.05, 0.1) is 28.2 Å². The Kier molecular flexibility index (Phi) is 5.96. The van der Waals surface area contributed by atoms with Crippen molar-refractivity contribution in [3.8, 4) is 22.5 Å². The van der Waals surface area contributed by atoms with Crippen molar-refractivity contribution < 1.29 is 23.1 Å². The lowest BCUT2D eigenvalue weighted by molar-refractivity contribution is -0.137. The summed E-state index contributed by atoms with van der Waals surface area (Å²) in [6.07, 6.45) is -0.116. The van der Waals surface area contributed by atoms with Gasteiger partial charge in [0.15, 0.2) is 0 Å². The number of nitrogens with zero attached hydrogens (tertiary/aromatic N) is 2. The van der Waals surface area contributed by atoms with Crippen LogP contribution < -0.4 is 0 Å². The summed E-state index contributed by atoms with van der Waals surface area (Å²) in [6.45, 7) is 2.07. The molecule has 0 saturated heterocycles. The van der Waals surface area contributed by atoms with Gasteiger partial charge in [-0.15, -0.1) is 0 Å². The van der Waals surface area contributed by atoms with Gasteiger partial charge in [0.2, 0.25) is 0 Å². The monoisotopic (exact) mass is 400 g/mol. The highest BCUT2D eigenvalue weighted by Gasteiger charge is 2.30. The zero-order valence-corrected chi connectivity index (χ0v) is 15.7. The van der Waals surface area contributed by atoms with Gasteiger partial charge in [-0.1, -0.05) is 37.6 Å². The molecule has 7 heteroatoms. The normalized spacial score (nSPS) is 11.4. The number of carboxylic acid groups (broad SMARTS) is 1. The number of carboxylic acids is 1. The van der Waals surface area contributed by atoms with E-state index in [9.17, 15) is 18.0 Å². The van der Waals surface area contributed by atoms with Crippen molar-refractivity contribution >= 4 is 5.97 Å². The summed E-state index contributed by atoms with van der Waals surface area (Å²) in [5, 5.41) is 9.09. The van der Waals surface area contributed by atoms with Crippen molar-refractivity contribution in [3.05, 3.63) is 71.5 Å². The molecule has 150 valence electrons. The molecule has 2 aromatic carbocycles. The summed E-state index contributed by atoms with van der Waals surface area (Å²) in [6, 6.07) is 11.0. The minimum atomic E-state index is -4.41. The van der Waals surface area contributed by atoms with Crippen molar-refractivity contribution in [2.75, 3.05) is 0 Å². The zero-order chi connectivity index (χ0) is 21.0. The maximum Gasteiger partial charge on any atom is 0.416 e. The Morgan fingerprint density at radius 2 is 1.55 bits per heavy atom. The molecule has 1 N–H and O–H groups in total. The molecule has 4 nitrogen and oxygen atoms in total. The van der Waals surface area contributed by atoms with Crippen molar-refractivity contribution in [3.63, 3.8) is 0 Å². The molecule has 0 amide bonds. The van der Waals surface area contributed by atoms with Gasteiger partial charge in [0.1, 0.15) is 0 Å². The minimum absolute atomic E-state index is 0.139. The topological polar surface area (TPSA) is 63.1 Å². The first-order chi connectivity index (χ1) is 13.8. The fourth-order valence-electron chi connectivity index (χ4n) is 2.90. The predicted molar refractivity (Wildman–Crippen MR) is 103 cm³/mol. The van der Waals surface area contributed by atoms with Crippen LogP contribution in [0, 0.1) is 0 Å². The molecular formula is C22H19F3N2O2. The maximum atomic E-state index is 12.9. The largest absolute Gasteiger partial charge is 0.478 e. The number of alkyl halides is 3. The Morgan fingerprint density at radius 3 is 2.10 bits per heavy atom. The molecule has 0 bridgehead atoms. The number of unbranched alkanes of at least 4 members (excludes halogenated alkanes) is 1. The van der Waals surface area contributed by atoms with Crippen molar-refractivity contribution in [2.45, 2.75) is 32.4 Å². The first-order valence-corrected chi connectivity index (χ1v) is 9.17. The van der Waals surface area contributed by atoms with E-state index in [1.54, 1.807) is 18.3 Å². The highest BCUT2D eigenvalue weighted by Crippen LogP contribution is 2.33. The molecular weight excluding hydrogens is 381 g/mol. The van der Waals surface area contributed by atoms with E-state index in [0.29, 0.717) is 22.5 Å². The first-order valence-electron chi connectivity index (χ1n) is 9.17. The molecule has 0 fully saturated rings. The van der Waals surface area contributed by atoms with Gasteiger partial charge in [-0.2, -0.15) is 13.2 Å². The van der Waals surface area contributed by atoms with Gasteiger partial charge in [-0.3, -0.25) is 4.98 Å². The standard InChI is InChI=1S/C22H19F3N2O2/c1-2-3-4-18-13-26-19(14-9-11-17(12-10-14)22(23,24)25)20(27-18)15-5-7-16(8-6-15)21(28)29/h5-13H,2-4H2,1H3,(H,28,29). The smallest absolute Gasteiger partial charge is 0.416 e. The number of aryl methyl sites for hydroxylation is 1. The van der Waals surface area contributed by atoms with E-state index < -0.39 is 17.7 Å². The van der Waals surface area contributed by atoms with E-state index in [1.807, 2.05) is 0 Å². The van der Waals surface area contributed by atoms with Gasteiger partial charge in [-0.25, -0.2) is 9.78 Å². The predicted octanol–water partition coefficient (Wildman–Crippen LogP) is 5.87. The Bertz CT molecular complexity index is 998. The molecule has 1 heterocycles.